The van der Waals surface area contributed by atoms with Gasteiger partial charge in [0.05, 0.1) is 17.6 Å². The molecule has 0 saturated heterocycles. The largest absolute Gasteiger partial charge is 0.397 e. The van der Waals surface area contributed by atoms with E-state index in [-0.39, 0.29) is 4.75 Å². The third-order valence-corrected chi connectivity index (χ3v) is 3.36. The number of hydrogen-bond acceptors (Lipinski definition) is 4. The van der Waals surface area contributed by atoms with Crippen molar-refractivity contribution in [3.8, 4) is 0 Å². The Morgan fingerprint density at radius 2 is 2.29 bits per heavy atom. The maximum atomic E-state index is 5.78. The highest BCUT2D eigenvalue weighted by atomic mass is 32.2. The van der Waals surface area contributed by atoms with Gasteiger partial charge in [0.15, 0.2) is 0 Å². The average Bonchev–Trinajstić information content (AvgIpc) is 2.17. The first-order valence-corrected chi connectivity index (χ1v) is 5.76. The molecule has 4 heteroatoms. The van der Waals surface area contributed by atoms with E-state index in [9.17, 15) is 0 Å². The molecule has 3 N–H and O–H groups in total. The Hall–Kier alpha value is -0.900. The van der Waals surface area contributed by atoms with Crippen LogP contribution in [0.2, 0.25) is 0 Å². The van der Waals surface area contributed by atoms with Crippen LogP contribution in [0.3, 0.4) is 0 Å². The minimum absolute atomic E-state index is 0.211. The molecular formula is C10H17N3S. The third kappa shape index (κ3) is 3.10. The Morgan fingerprint density at radius 3 is 2.86 bits per heavy atom. The number of anilines is 2. The lowest BCUT2D eigenvalue weighted by Gasteiger charge is -2.23. The van der Waals surface area contributed by atoms with Gasteiger partial charge >= 0.3 is 0 Å². The average molecular weight is 211 g/mol. The maximum Gasteiger partial charge on any atom is 0.0760 e. The van der Waals surface area contributed by atoms with Crippen LogP contribution in [-0.4, -0.2) is 22.5 Å². The molecule has 0 spiro atoms. The summed E-state index contributed by atoms with van der Waals surface area (Å²) in [6.07, 6.45) is 5.56. The van der Waals surface area contributed by atoms with Crippen LogP contribution in [0.25, 0.3) is 0 Å². The lowest BCUT2D eigenvalue weighted by Crippen LogP contribution is -2.26. The summed E-state index contributed by atoms with van der Waals surface area (Å²) in [5, 5.41) is 3.30. The van der Waals surface area contributed by atoms with Gasteiger partial charge in [-0.25, -0.2) is 0 Å². The number of thioether (sulfide) groups is 1. The standard InChI is InChI=1S/C10H17N3S/c1-10(2,14-3)7-13-9-6-12-5-4-8(9)11/h4-6,13H,7H2,1-3H3,(H2,11,12). The second-order valence-electron chi connectivity index (χ2n) is 3.78. The summed E-state index contributed by atoms with van der Waals surface area (Å²) in [6, 6.07) is 1.80. The molecule has 0 atom stereocenters. The molecule has 78 valence electrons. The molecule has 0 unspecified atom stereocenters. The predicted molar refractivity (Wildman–Crippen MR) is 64.7 cm³/mol. The maximum absolute atomic E-state index is 5.78. The number of nitrogens with two attached hydrogens (primary N) is 1. The molecule has 0 aliphatic carbocycles. The summed E-state index contributed by atoms with van der Waals surface area (Å²) in [4.78, 5) is 4.02. The Kier molecular flexibility index (Phi) is 3.63. The van der Waals surface area contributed by atoms with Crippen molar-refractivity contribution in [3.05, 3.63) is 18.5 Å². The van der Waals surface area contributed by atoms with Crippen LogP contribution in [0.15, 0.2) is 18.5 Å². The van der Waals surface area contributed by atoms with Crippen LogP contribution in [0.1, 0.15) is 13.8 Å². The van der Waals surface area contributed by atoms with Crippen molar-refractivity contribution in [1.82, 2.24) is 4.98 Å². The van der Waals surface area contributed by atoms with Crippen molar-refractivity contribution in [2.75, 3.05) is 23.9 Å². The van der Waals surface area contributed by atoms with Gasteiger partial charge in [0, 0.05) is 17.5 Å². The van der Waals surface area contributed by atoms with Gasteiger partial charge in [-0.15, -0.1) is 0 Å². The van der Waals surface area contributed by atoms with Crippen LogP contribution >= 0.6 is 11.8 Å². The highest BCUT2D eigenvalue weighted by molar-refractivity contribution is 7.99. The molecule has 0 radical (unpaired) electrons. The lowest BCUT2D eigenvalue weighted by molar-refractivity contribution is 0.752. The van der Waals surface area contributed by atoms with Crippen molar-refractivity contribution < 1.29 is 0 Å². The number of nitrogens with one attached hydrogen (secondary N) is 1. The van der Waals surface area contributed by atoms with Crippen molar-refractivity contribution >= 4 is 23.1 Å². The van der Waals surface area contributed by atoms with E-state index in [4.69, 9.17) is 5.73 Å². The summed E-state index contributed by atoms with van der Waals surface area (Å²) in [7, 11) is 0. The Bertz CT molecular complexity index is 299. The molecule has 1 aromatic rings. The minimum Gasteiger partial charge on any atom is -0.397 e. The van der Waals surface area contributed by atoms with Crippen LogP contribution in [0.5, 0.6) is 0 Å². The molecule has 0 aliphatic heterocycles. The number of nitrogen functional groups attached to an aromatic ring is 1. The zero-order valence-corrected chi connectivity index (χ0v) is 9.69. The number of aromatic nitrogens is 1. The zero-order valence-electron chi connectivity index (χ0n) is 8.87. The van der Waals surface area contributed by atoms with E-state index in [2.05, 4.69) is 30.4 Å². The Morgan fingerprint density at radius 1 is 1.57 bits per heavy atom. The van der Waals surface area contributed by atoms with E-state index in [1.165, 1.54) is 0 Å². The molecule has 1 heterocycles. The van der Waals surface area contributed by atoms with Gasteiger partial charge in [0.2, 0.25) is 0 Å². The molecule has 0 amide bonds. The fraction of sp³-hybridized carbons (Fsp3) is 0.500. The second-order valence-corrected chi connectivity index (χ2v) is 5.29. The predicted octanol–water partition coefficient (Wildman–Crippen LogP) is 2.22. The van der Waals surface area contributed by atoms with Crippen molar-refractivity contribution in [1.29, 1.82) is 0 Å². The van der Waals surface area contributed by atoms with Crippen LogP contribution in [-0.2, 0) is 0 Å². The molecule has 0 bridgehead atoms. The van der Waals surface area contributed by atoms with Gasteiger partial charge < -0.3 is 11.1 Å². The molecule has 0 aromatic carbocycles. The summed E-state index contributed by atoms with van der Waals surface area (Å²) in [5.74, 6) is 0. The zero-order chi connectivity index (χ0) is 10.6. The van der Waals surface area contributed by atoms with Crippen molar-refractivity contribution in [2.24, 2.45) is 0 Å². The van der Waals surface area contributed by atoms with Gasteiger partial charge in [-0.1, -0.05) is 0 Å². The highest BCUT2D eigenvalue weighted by Crippen LogP contribution is 2.23. The topological polar surface area (TPSA) is 50.9 Å². The van der Waals surface area contributed by atoms with Gasteiger partial charge in [0.1, 0.15) is 0 Å². The van der Waals surface area contributed by atoms with Gasteiger partial charge in [-0.05, 0) is 26.2 Å². The second kappa shape index (κ2) is 4.55. The first kappa shape index (κ1) is 11.2. The minimum atomic E-state index is 0.211. The first-order chi connectivity index (χ1) is 6.55. The summed E-state index contributed by atoms with van der Waals surface area (Å²) < 4.78 is 0.211. The highest BCUT2D eigenvalue weighted by Gasteiger charge is 2.15. The molecule has 3 nitrogen and oxygen atoms in total. The SMILES string of the molecule is CSC(C)(C)CNc1cnccc1N. The van der Waals surface area contributed by atoms with E-state index in [1.54, 1.807) is 18.5 Å². The summed E-state index contributed by atoms with van der Waals surface area (Å²) in [6.45, 7) is 5.26. The number of pyridine rings is 1. The van der Waals surface area contributed by atoms with Crippen LogP contribution < -0.4 is 11.1 Å². The number of hydrogen-bond donors (Lipinski definition) is 2. The smallest absolute Gasteiger partial charge is 0.0760 e. The fourth-order valence-corrected chi connectivity index (χ4v) is 1.15. The number of rotatable bonds is 4. The van der Waals surface area contributed by atoms with E-state index in [0.717, 1.165) is 17.9 Å². The van der Waals surface area contributed by atoms with Crippen molar-refractivity contribution in [2.45, 2.75) is 18.6 Å². The molecular weight excluding hydrogens is 194 g/mol. The normalized spacial score (nSPS) is 11.4. The van der Waals surface area contributed by atoms with Crippen LogP contribution in [0.4, 0.5) is 11.4 Å². The quantitative estimate of drug-likeness (QED) is 0.801. The van der Waals surface area contributed by atoms with E-state index < -0.39 is 0 Å². The third-order valence-electron chi connectivity index (χ3n) is 2.11. The Balaban J connectivity index is 2.58. The summed E-state index contributed by atoms with van der Waals surface area (Å²) in [5.41, 5.74) is 7.44. The van der Waals surface area contributed by atoms with Gasteiger partial charge in [0.25, 0.3) is 0 Å². The molecule has 0 aliphatic rings. The van der Waals surface area contributed by atoms with Gasteiger partial charge in [-0.3, -0.25) is 4.98 Å². The molecule has 14 heavy (non-hydrogen) atoms. The van der Waals surface area contributed by atoms with E-state index in [0.29, 0.717) is 0 Å². The summed E-state index contributed by atoms with van der Waals surface area (Å²) >= 11 is 1.83. The molecule has 1 aromatic heterocycles. The van der Waals surface area contributed by atoms with Crippen LogP contribution in [0, 0.1) is 0 Å². The van der Waals surface area contributed by atoms with E-state index in [1.807, 2.05) is 11.8 Å². The first-order valence-electron chi connectivity index (χ1n) is 4.54. The molecule has 0 saturated carbocycles. The fourth-order valence-electron chi connectivity index (χ4n) is 0.933. The van der Waals surface area contributed by atoms with Gasteiger partial charge in [-0.2, -0.15) is 11.8 Å². The molecule has 1 rings (SSSR count). The van der Waals surface area contributed by atoms with Crippen molar-refractivity contribution in [3.63, 3.8) is 0 Å². The molecule has 0 fully saturated rings. The van der Waals surface area contributed by atoms with E-state index >= 15 is 0 Å². The lowest BCUT2D eigenvalue weighted by atomic mass is 10.2. The monoisotopic (exact) mass is 211 g/mol. The Labute approximate surface area is 89.5 Å². The number of nitrogens with zero attached hydrogens (tertiary/aromatic N) is 1.